The smallest absolute Gasteiger partial charge is 0.226 e. The molecule has 6 nitrogen and oxygen atoms in total. The van der Waals surface area contributed by atoms with Gasteiger partial charge in [0.25, 0.3) is 0 Å². The highest BCUT2D eigenvalue weighted by Gasteiger charge is 2.60. The Balaban J connectivity index is 1.38. The summed E-state index contributed by atoms with van der Waals surface area (Å²) in [5.74, 6) is 1.81. The summed E-state index contributed by atoms with van der Waals surface area (Å²) in [6, 6.07) is 0. The summed E-state index contributed by atoms with van der Waals surface area (Å²) < 4.78 is 0. The number of carbonyl (C=O) groups excluding carboxylic acids is 3. The largest absolute Gasteiger partial charge is 0.355 e. The van der Waals surface area contributed by atoms with E-state index < -0.39 is 0 Å². The summed E-state index contributed by atoms with van der Waals surface area (Å²) in [4.78, 5) is 38.7. The molecule has 1 heterocycles. The van der Waals surface area contributed by atoms with E-state index >= 15 is 0 Å². The zero-order valence-corrected chi connectivity index (χ0v) is 16.7. The standard InChI is InChI=1S/C21H33N3O3/c1-14(12-24-5-3-4-18(24)26)11-22-19(27)20-7-16-6-17(8-20)10-21(9-16,13-20)23-15(2)25/h14,16-17H,3-13H2,1-2H3,(H,22,27)(H,23,25). The lowest BCUT2D eigenvalue weighted by Crippen LogP contribution is -2.65. The molecule has 0 spiro atoms. The molecule has 3 amide bonds. The topological polar surface area (TPSA) is 78.5 Å². The van der Waals surface area contributed by atoms with Crippen LogP contribution in [-0.4, -0.2) is 47.8 Å². The minimum atomic E-state index is -0.310. The van der Waals surface area contributed by atoms with E-state index in [0.717, 1.165) is 51.6 Å². The summed E-state index contributed by atoms with van der Waals surface area (Å²) in [6.07, 6.45) is 7.62. The number of likely N-dealkylation sites (tertiary alicyclic amines) is 1. The van der Waals surface area contributed by atoms with Crippen molar-refractivity contribution in [3.63, 3.8) is 0 Å². The van der Waals surface area contributed by atoms with Crippen molar-refractivity contribution in [2.45, 2.75) is 70.8 Å². The third-order valence-corrected chi connectivity index (χ3v) is 7.30. The second-order valence-corrected chi connectivity index (χ2v) is 9.96. The van der Waals surface area contributed by atoms with E-state index in [1.165, 1.54) is 6.42 Å². The van der Waals surface area contributed by atoms with E-state index in [1.54, 1.807) is 6.92 Å². The number of hydrogen-bond acceptors (Lipinski definition) is 3. The van der Waals surface area contributed by atoms with Crippen LogP contribution in [0.2, 0.25) is 0 Å². The van der Waals surface area contributed by atoms with Gasteiger partial charge in [0.15, 0.2) is 0 Å². The highest BCUT2D eigenvalue weighted by molar-refractivity contribution is 5.84. The van der Waals surface area contributed by atoms with E-state index in [4.69, 9.17) is 0 Å². The monoisotopic (exact) mass is 375 g/mol. The van der Waals surface area contributed by atoms with Gasteiger partial charge in [0.05, 0.1) is 5.41 Å². The molecule has 5 fully saturated rings. The maximum Gasteiger partial charge on any atom is 0.226 e. The fourth-order valence-electron chi connectivity index (χ4n) is 6.84. The van der Waals surface area contributed by atoms with E-state index in [-0.39, 0.29) is 34.6 Å². The molecule has 0 aromatic carbocycles. The summed E-state index contributed by atoms with van der Waals surface area (Å²) in [5.41, 5.74) is -0.476. The average molecular weight is 376 g/mol. The van der Waals surface area contributed by atoms with E-state index in [1.807, 2.05) is 4.90 Å². The molecule has 3 unspecified atom stereocenters. The molecule has 1 saturated heterocycles. The highest BCUT2D eigenvalue weighted by Crippen LogP contribution is 2.61. The second-order valence-electron chi connectivity index (χ2n) is 9.96. The van der Waals surface area contributed by atoms with Crippen LogP contribution in [0.25, 0.3) is 0 Å². The molecule has 4 bridgehead atoms. The van der Waals surface area contributed by atoms with Crippen LogP contribution in [0.3, 0.4) is 0 Å². The van der Waals surface area contributed by atoms with Crippen molar-refractivity contribution in [2.24, 2.45) is 23.2 Å². The fraction of sp³-hybridized carbons (Fsp3) is 0.857. The lowest BCUT2D eigenvalue weighted by Gasteiger charge is -2.61. The Labute approximate surface area is 161 Å². The van der Waals surface area contributed by atoms with Crippen LogP contribution in [0.15, 0.2) is 0 Å². The van der Waals surface area contributed by atoms with Crippen LogP contribution < -0.4 is 10.6 Å². The van der Waals surface area contributed by atoms with Gasteiger partial charge in [-0.15, -0.1) is 0 Å². The van der Waals surface area contributed by atoms with Gasteiger partial charge in [-0.25, -0.2) is 0 Å². The van der Waals surface area contributed by atoms with Gasteiger partial charge in [0.2, 0.25) is 17.7 Å². The maximum absolute atomic E-state index is 13.2. The zero-order chi connectivity index (χ0) is 19.2. The molecule has 4 aliphatic carbocycles. The molecule has 0 radical (unpaired) electrons. The van der Waals surface area contributed by atoms with E-state index in [9.17, 15) is 14.4 Å². The molecule has 5 aliphatic rings. The summed E-state index contributed by atoms with van der Waals surface area (Å²) in [7, 11) is 0. The Morgan fingerprint density at radius 3 is 2.52 bits per heavy atom. The number of hydrogen-bond donors (Lipinski definition) is 2. The van der Waals surface area contributed by atoms with Gasteiger partial charge in [-0.05, 0) is 62.7 Å². The van der Waals surface area contributed by atoms with Crippen molar-refractivity contribution >= 4 is 17.7 Å². The Kier molecular flexibility index (Phi) is 4.71. The van der Waals surface area contributed by atoms with Crippen LogP contribution in [-0.2, 0) is 14.4 Å². The van der Waals surface area contributed by atoms with Crippen molar-refractivity contribution < 1.29 is 14.4 Å². The zero-order valence-electron chi connectivity index (χ0n) is 16.7. The average Bonchev–Trinajstić information content (AvgIpc) is 2.95. The third kappa shape index (κ3) is 3.59. The Morgan fingerprint density at radius 1 is 1.22 bits per heavy atom. The quantitative estimate of drug-likeness (QED) is 0.743. The van der Waals surface area contributed by atoms with Crippen molar-refractivity contribution in [3.05, 3.63) is 0 Å². The lowest BCUT2D eigenvalue weighted by molar-refractivity contribution is -0.153. The third-order valence-electron chi connectivity index (χ3n) is 7.30. The minimum absolute atomic E-state index is 0.0245. The number of carbonyl (C=O) groups is 3. The van der Waals surface area contributed by atoms with Crippen LogP contribution in [0, 0.1) is 23.2 Å². The van der Waals surface area contributed by atoms with Crippen LogP contribution >= 0.6 is 0 Å². The first-order chi connectivity index (χ1) is 12.8. The molecular formula is C21H33N3O3. The summed E-state index contributed by atoms with van der Waals surface area (Å²) in [5, 5.41) is 6.43. The Hall–Kier alpha value is -1.59. The maximum atomic E-state index is 13.2. The van der Waals surface area contributed by atoms with Gasteiger partial charge in [-0.3, -0.25) is 14.4 Å². The van der Waals surface area contributed by atoms with Gasteiger partial charge in [0, 0.05) is 38.5 Å². The minimum Gasteiger partial charge on any atom is -0.355 e. The van der Waals surface area contributed by atoms with Crippen molar-refractivity contribution in [2.75, 3.05) is 19.6 Å². The van der Waals surface area contributed by atoms with Crippen LogP contribution in [0.5, 0.6) is 0 Å². The molecule has 2 N–H and O–H groups in total. The molecule has 1 aliphatic heterocycles. The SMILES string of the molecule is CC(=O)NC12CC3CC(C1)CC(C(=O)NCC(C)CN1CCCC1=O)(C3)C2. The molecular weight excluding hydrogens is 342 g/mol. The van der Waals surface area contributed by atoms with Crippen LogP contribution in [0.4, 0.5) is 0 Å². The van der Waals surface area contributed by atoms with Gasteiger partial charge in [-0.2, -0.15) is 0 Å². The normalized spacial score (nSPS) is 38.1. The van der Waals surface area contributed by atoms with E-state index in [2.05, 4.69) is 17.6 Å². The van der Waals surface area contributed by atoms with Gasteiger partial charge in [-0.1, -0.05) is 6.92 Å². The first-order valence-corrected chi connectivity index (χ1v) is 10.6. The number of nitrogens with one attached hydrogen (secondary N) is 2. The van der Waals surface area contributed by atoms with Crippen molar-refractivity contribution in [3.8, 4) is 0 Å². The fourth-order valence-corrected chi connectivity index (χ4v) is 6.84. The molecule has 150 valence electrons. The first kappa shape index (κ1) is 18.8. The first-order valence-electron chi connectivity index (χ1n) is 10.6. The summed E-state index contributed by atoms with van der Waals surface area (Å²) in [6.45, 7) is 5.89. The van der Waals surface area contributed by atoms with Gasteiger partial charge >= 0.3 is 0 Å². The second kappa shape index (κ2) is 6.78. The number of amides is 3. The molecule has 3 atom stereocenters. The summed E-state index contributed by atoms with van der Waals surface area (Å²) >= 11 is 0. The Morgan fingerprint density at radius 2 is 1.93 bits per heavy atom. The number of nitrogens with zero attached hydrogens (tertiary/aromatic N) is 1. The Bertz CT molecular complexity index is 633. The molecule has 4 saturated carbocycles. The van der Waals surface area contributed by atoms with Crippen molar-refractivity contribution in [1.29, 1.82) is 0 Å². The van der Waals surface area contributed by atoms with Gasteiger partial charge < -0.3 is 15.5 Å². The van der Waals surface area contributed by atoms with Crippen molar-refractivity contribution in [1.82, 2.24) is 15.5 Å². The van der Waals surface area contributed by atoms with E-state index in [0.29, 0.717) is 24.8 Å². The number of rotatable bonds is 6. The predicted molar refractivity (Wildman–Crippen MR) is 102 cm³/mol. The van der Waals surface area contributed by atoms with Gasteiger partial charge in [0.1, 0.15) is 0 Å². The molecule has 6 heteroatoms. The highest BCUT2D eigenvalue weighted by atomic mass is 16.2. The predicted octanol–water partition coefficient (Wildman–Crippen LogP) is 1.84. The lowest BCUT2D eigenvalue weighted by atomic mass is 9.46. The molecule has 0 aromatic heterocycles. The van der Waals surface area contributed by atoms with Crippen LogP contribution in [0.1, 0.15) is 65.2 Å². The molecule has 27 heavy (non-hydrogen) atoms. The molecule has 0 aromatic rings. The molecule has 5 rings (SSSR count).